The molecule has 6 nitrogen and oxygen atoms in total. The van der Waals surface area contributed by atoms with Crippen LogP contribution in [-0.4, -0.2) is 62.5 Å². The normalized spacial score (nSPS) is 19.9. The summed E-state index contributed by atoms with van der Waals surface area (Å²) in [5, 5.41) is 0. The second-order valence-corrected chi connectivity index (χ2v) is 6.86. The molecule has 0 aromatic heterocycles. The number of hydrogen-bond acceptors (Lipinski definition) is 4. The second-order valence-electron chi connectivity index (χ2n) is 4.88. The molecule has 1 aliphatic rings. The molecule has 7 heteroatoms. The minimum absolute atomic E-state index is 0.0267. The molecule has 108 valence electrons. The molecule has 0 bridgehead atoms. The van der Waals surface area contributed by atoms with Crippen LogP contribution in [0.3, 0.4) is 0 Å². The van der Waals surface area contributed by atoms with Crippen molar-refractivity contribution in [3.63, 3.8) is 0 Å². The average molecular weight is 279 g/mol. The molecule has 1 rings (SSSR count). The molecule has 0 spiro atoms. The van der Waals surface area contributed by atoms with Crippen molar-refractivity contribution in [2.75, 3.05) is 33.3 Å². The van der Waals surface area contributed by atoms with Crippen LogP contribution in [0.5, 0.6) is 0 Å². The minimum atomic E-state index is -3.32. The standard InChI is InChI=1S/C11H25N3O3S/c1-10(2)13(3)18(15,16)14-7-4-11(5-8-14)17-9-6-12/h10-11H,4-9,12H2,1-3H3. The van der Waals surface area contributed by atoms with E-state index in [2.05, 4.69) is 0 Å². The molecular weight excluding hydrogens is 254 g/mol. The van der Waals surface area contributed by atoms with Crippen molar-refractivity contribution >= 4 is 10.2 Å². The van der Waals surface area contributed by atoms with Crippen LogP contribution in [-0.2, 0) is 14.9 Å². The topological polar surface area (TPSA) is 75.9 Å². The molecule has 0 radical (unpaired) electrons. The van der Waals surface area contributed by atoms with Crippen LogP contribution in [0.4, 0.5) is 0 Å². The Morgan fingerprint density at radius 3 is 2.39 bits per heavy atom. The molecule has 1 fully saturated rings. The molecular formula is C11H25N3O3S. The Morgan fingerprint density at radius 2 is 1.94 bits per heavy atom. The number of nitrogens with two attached hydrogens (primary N) is 1. The van der Waals surface area contributed by atoms with E-state index in [1.807, 2.05) is 13.8 Å². The van der Waals surface area contributed by atoms with Crippen LogP contribution >= 0.6 is 0 Å². The van der Waals surface area contributed by atoms with Crippen LogP contribution in [0.2, 0.25) is 0 Å². The van der Waals surface area contributed by atoms with Crippen molar-refractivity contribution in [2.24, 2.45) is 5.73 Å². The van der Waals surface area contributed by atoms with E-state index in [1.54, 1.807) is 7.05 Å². The molecule has 0 aromatic rings. The smallest absolute Gasteiger partial charge is 0.281 e. The average Bonchev–Trinajstić information content (AvgIpc) is 2.35. The van der Waals surface area contributed by atoms with E-state index < -0.39 is 10.2 Å². The monoisotopic (exact) mass is 279 g/mol. The van der Waals surface area contributed by atoms with Crippen LogP contribution in [0.1, 0.15) is 26.7 Å². The van der Waals surface area contributed by atoms with Crippen LogP contribution < -0.4 is 5.73 Å². The van der Waals surface area contributed by atoms with Gasteiger partial charge in [-0.1, -0.05) is 0 Å². The van der Waals surface area contributed by atoms with E-state index in [9.17, 15) is 8.42 Å². The lowest BCUT2D eigenvalue weighted by Gasteiger charge is -2.34. The Balaban J connectivity index is 2.52. The van der Waals surface area contributed by atoms with Crippen molar-refractivity contribution in [1.82, 2.24) is 8.61 Å². The first-order valence-corrected chi connectivity index (χ1v) is 7.84. The number of rotatable bonds is 6. The van der Waals surface area contributed by atoms with Crippen molar-refractivity contribution in [3.05, 3.63) is 0 Å². The predicted octanol–water partition coefficient (Wildman–Crippen LogP) is 0.0111. The van der Waals surface area contributed by atoms with Crippen LogP contribution in [0, 0.1) is 0 Å². The van der Waals surface area contributed by atoms with E-state index >= 15 is 0 Å². The van der Waals surface area contributed by atoms with Gasteiger partial charge in [-0.05, 0) is 26.7 Å². The van der Waals surface area contributed by atoms with Gasteiger partial charge in [-0.2, -0.15) is 17.0 Å². The van der Waals surface area contributed by atoms with Gasteiger partial charge in [-0.25, -0.2) is 0 Å². The minimum Gasteiger partial charge on any atom is -0.377 e. The number of hydrogen-bond donors (Lipinski definition) is 1. The molecule has 0 unspecified atom stereocenters. The lowest BCUT2D eigenvalue weighted by Crippen LogP contribution is -2.48. The fourth-order valence-electron chi connectivity index (χ4n) is 1.91. The first kappa shape index (κ1) is 15.8. The quantitative estimate of drug-likeness (QED) is 0.743. The molecule has 0 saturated carbocycles. The molecule has 1 aliphatic heterocycles. The highest BCUT2D eigenvalue weighted by molar-refractivity contribution is 7.86. The molecule has 2 N–H and O–H groups in total. The summed E-state index contributed by atoms with van der Waals surface area (Å²) in [6.45, 7) is 5.84. The summed E-state index contributed by atoms with van der Waals surface area (Å²) in [4.78, 5) is 0. The summed E-state index contributed by atoms with van der Waals surface area (Å²) in [6.07, 6.45) is 1.63. The zero-order valence-electron chi connectivity index (χ0n) is 11.5. The summed E-state index contributed by atoms with van der Waals surface area (Å²) in [5.41, 5.74) is 5.38. The maximum absolute atomic E-state index is 12.2. The van der Waals surface area contributed by atoms with E-state index in [-0.39, 0.29) is 12.1 Å². The maximum atomic E-state index is 12.2. The van der Waals surface area contributed by atoms with E-state index in [4.69, 9.17) is 10.5 Å². The molecule has 1 saturated heterocycles. The Kier molecular flexibility index (Phi) is 6.00. The molecule has 18 heavy (non-hydrogen) atoms. The zero-order chi connectivity index (χ0) is 13.8. The van der Waals surface area contributed by atoms with Crippen molar-refractivity contribution in [2.45, 2.75) is 38.8 Å². The summed E-state index contributed by atoms with van der Waals surface area (Å²) < 4.78 is 33.0. The highest BCUT2D eigenvalue weighted by atomic mass is 32.2. The van der Waals surface area contributed by atoms with Gasteiger partial charge in [-0.15, -0.1) is 0 Å². The molecule has 0 atom stereocenters. The first-order valence-electron chi connectivity index (χ1n) is 6.44. The third-order valence-corrected chi connectivity index (χ3v) is 5.46. The molecule has 0 amide bonds. The van der Waals surface area contributed by atoms with Crippen molar-refractivity contribution in [1.29, 1.82) is 0 Å². The lowest BCUT2D eigenvalue weighted by molar-refractivity contribution is 0.0249. The number of piperidine rings is 1. The predicted molar refractivity (Wildman–Crippen MR) is 71.4 cm³/mol. The van der Waals surface area contributed by atoms with E-state index in [1.165, 1.54) is 8.61 Å². The third kappa shape index (κ3) is 3.89. The third-order valence-electron chi connectivity index (χ3n) is 3.29. The van der Waals surface area contributed by atoms with Gasteiger partial charge >= 0.3 is 0 Å². The Labute approximate surface area is 110 Å². The summed E-state index contributed by atoms with van der Waals surface area (Å²) >= 11 is 0. The highest BCUT2D eigenvalue weighted by Gasteiger charge is 2.32. The lowest BCUT2D eigenvalue weighted by atomic mass is 10.1. The summed E-state index contributed by atoms with van der Waals surface area (Å²) in [5.74, 6) is 0. The summed E-state index contributed by atoms with van der Waals surface area (Å²) in [7, 11) is -1.70. The van der Waals surface area contributed by atoms with Crippen LogP contribution in [0.25, 0.3) is 0 Å². The van der Waals surface area contributed by atoms with Gasteiger partial charge in [0.05, 0.1) is 12.7 Å². The molecule has 0 aromatic carbocycles. The fraction of sp³-hybridized carbons (Fsp3) is 1.00. The summed E-state index contributed by atoms with van der Waals surface area (Å²) in [6, 6.07) is -0.0267. The van der Waals surface area contributed by atoms with Gasteiger partial charge in [0.2, 0.25) is 0 Å². The first-order chi connectivity index (χ1) is 8.39. The maximum Gasteiger partial charge on any atom is 0.281 e. The van der Waals surface area contributed by atoms with Gasteiger partial charge in [0.1, 0.15) is 0 Å². The van der Waals surface area contributed by atoms with Crippen molar-refractivity contribution in [3.8, 4) is 0 Å². The van der Waals surface area contributed by atoms with Gasteiger partial charge in [0.25, 0.3) is 10.2 Å². The van der Waals surface area contributed by atoms with Gasteiger partial charge in [-0.3, -0.25) is 0 Å². The number of nitrogens with zero attached hydrogens (tertiary/aromatic N) is 2. The highest BCUT2D eigenvalue weighted by Crippen LogP contribution is 2.19. The van der Waals surface area contributed by atoms with Gasteiger partial charge in [0, 0.05) is 32.7 Å². The largest absolute Gasteiger partial charge is 0.377 e. The number of ether oxygens (including phenoxy) is 1. The zero-order valence-corrected chi connectivity index (χ0v) is 12.3. The SMILES string of the molecule is CC(C)N(C)S(=O)(=O)N1CCC(OCCN)CC1. The fourth-order valence-corrected chi connectivity index (χ4v) is 3.48. The second kappa shape index (κ2) is 6.81. The Bertz CT molecular complexity index is 337. The Morgan fingerprint density at radius 1 is 1.39 bits per heavy atom. The van der Waals surface area contributed by atoms with E-state index in [0.29, 0.717) is 26.2 Å². The Hall–Kier alpha value is -0.210. The van der Waals surface area contributed by atoms with Gasteiger partial charge in [0.15, 0.2) is 0 Å². The van der Waals surface area contributed by atoms with Crippen molar-refractivity contribution < 1.29 is 13.2 Å². The van der Waals surface area contributed by atoms with Crippen LogP contribution in [0.15, 0.2) is 0 Å². The van der Waals surface area contributed by atoms with Gasteiger partial charge < -0.3 is 10.5 Å². The molecule has 0 aliphatic carbocycles. The molecule has 1 heterocycles. The van der Waals surface area contributed by atoms with E-state index in [0.717, 1.165) is 12.8 Å².